The Labute approximate surface area is 134 Å². The summed E-state index contributed by atoms with van der Waals surface area (Å²) in [6.45, 7) is 4.71. The predicted molar refractivity (Wildman–Crippen MR) is 91.0 cm³/mol. The first-order valence-corrected chi connectivity index (χ1v) is 7.62. The van der Waals surface area contributed by atoms with E-state index in [0.29, 0.717) is 13.0 Å². The number of hydrogen-bond acceptors (Lipinski definition) is 2. The molecule has 0 bridgehead atoms. The van der Waals surface area contributed by atoms with Crippen LogP contribution in [-0.4, -0.2) is 12.5 Å². The van der Waals surface area contributed by atoms with E-state index in [4.69, 9.17) is 5.73 Å². The van der Waals surface area contributed by atoms with Crippen molar-refractivity contribution in [3.05, 3.63) is 29.3 Å². The molecular formula is C17H27ClN2O. The molecule has 0 spiro atoms. The highest BCUT2D eigenvalue weighted by Gasteiger charge is 2.32. The number of carbonyl (C=O) groups excluding carboxylic acids is 1. The number of carbonyl (C=O) groups is 1. The number of nitrogens with two attached hydrogens (primary N) is 1. The lowest BCUT2D eigenvalue weighted by atomic mass is 9.71. The topological polar surface area (TPSA) is 55.1 Å². The molecule has 0 aliphatic heterocycles. The van der Waals surface area contributed by atoms with Gasteiger partial charge in [-0.05, 0) is 50.3 Å². The summed E-state index contributed by atoms with van der Waals surface area (Å²) < 4.78 is 0. The molecule has 2 rings (SSSR count). The van der Waals surface area contributed by atoms with Crippen LogP contribution in [0, 0.1) is 19.3 Å². The van der Waals surface area contributed by atoms with Crippen molar-refractivity contribution in [3.8, 4) is 0 Å². The van der Waals surface area contributed by atoms with Gasteiger partial charge in [0.25, 0.3) is 0 Å². The summed E-state index contributed by atoms with van der Waals surface area (Å²) in [5, 5.41) is 3.05. The van der Waals surface area contributed by atoms with Crippen molar-refractivity contribution in [2.75, 3.05) is 11.9 Å². The van der Waals surface area contributed by atoms with Gasteiger partial charge in [0.15, 0.2) is 0 Å². The van der Waals surface area contributed by atoms with Crippen molar-refractivity contribution in [1.29, 1.82) is 0 Å². The maximum Gasteiger partial charge on any atom is 0.224 e. The van der Waals surface area contributed by atoms with Crippen molar-refractivity contribution in [3.63, 3.8) is 0 Å². The summed E-state index contributed by atoms with van der Waals surface area (Å²) in [4.78, 5) is 12.3. The lowest BCUT2D eigenvalue weighted by molar-refractivity contribution is -0.118. The average molecular weight is 311 g/mol. The zero-order valence-electron chi connectivity index (χ0n) is 13.1. The summed E-state index contributed by atoms with van der Waals surface area (Å²) >= 11 is 0. The number of hydrogen-bond donors (Lipinski definition) is 2. The number of amides is 1. The van der Waals surface area contributed by atoms with E-state index in [1.165, 1.54) is 24.8 Å². The summed E-state index contributed by atoms with van der Waals surface area (Å²) in [7, 11) is 0. The molecule has 3 N–H and O–H groups in total. The van der Waals surface area contributed by atoms with E-state index in [1.54, 1.807) is 0 Å². The molecule has 4 heteroatoms. The van der Waals surface area contributed by atoms with Gasteiger partial charge in [0.1, 0.15) is 0 Å². The zero-order valence-corrected chi connectivity index (χ0v) is 13.9. The van der Waals surface area contributed by atoms with Crippen LogP contribution in [0.25, 0.3) is 0 Å². The largest absolute Gasteiger partial charge is 0.330 e. The summed E-state index contributed by atoms with van der Waals surface area (Å²) in [6.07, 6.45) is 6.41. The van der Waals surface area contributed by atoms with Crippen LogP contribution in [0.2, 0.25) is 0 Å². The zero-order chi connectivity index (χ0) is 14.6. The van der Waals surface area contributed by atoms with E-state index < -0.39 is 0 Å². The van der Waals surface area contributed by atoms with Crippen LogP contribution in [-0.2, 0) is 4.79 Å². The molecule has 1 aliphatic rings. The van der Waals surface area contributed by atoms with Gasteiger partial charge in [0, 0.05) is 12.1 Å². The fraction of sp³-hybridized carbons (Fsp3) is 0.588. The molecule has 0 unspecified atom stereocenters. The maximum atomic E-state index is 12.3. The Kier molecular flexibility index (Phi) is 6.69. The molecule has 1 aliphatic carbocycles. The summed E-state index contributed by atoms with van der Waals surface area (Å²) in [5.41, 5.74) is 9.23. The van der Waals surface area contributed by atoms with Gasteiger partial charge in [-0.25, -0.2) is 0 Å². The molecule has 1 aromatic carbocycles. The van der Waals surface area contributed by atoms with E-state index in [9.17, 15) is 4.79 Å². The third kappa shape index (κ3) is 4.72. The molecule has 0 saturated heterocycles. The van der Waals surface area contributed by atoms with Gasteiger partial charge in [0.2, 0.25) is 5.91 Å². The standard InChI is InChI=1S/C17H26N2O.ClH/c1-13-6-7-15(14(2)10-13)19-16(20)11-17(12-18)8-4-3-5-9-17;/h6-7,10H,3-5,8-9,11-12,18H2,1-2H3,(H,19,20);1H. The molecule has 1 aromatic rings. The van der Waals surface area contributed by atoms with E-state index >= 15 is 0 Å². The highest BCUT2D eigenvalue weighted by Crippen LogP contribution is 2.38. The third-order valence-electron chi connectivity index (χ3n) is 4.54. The molecule has 0 radical (unpaired) electrons. The fourth-order valence-corrected chi connectivity index (χ4v) is 3.24. The second-order valence-corrected chi connectivity index (χ2v) is 6.31. The lowest BCUT2D eigenvalue weighted by Crippen LogP contribution is -2.36. The minimum atomic E-state index is 0. The van der Waals surface area contributed by atoms with E-state index in [2.05, 4.69) is 18.3 Å². The Morgan fingerprint density at radius 3 is 2.48 bits per heavy atom. The van der Waals surface area contributed by atoms with Crippen molar-refractivity contribution in [1.82, 2.24) is 0 Å². The van der Waals surface area contributed by atoms with Gasteiger partial charge in [-0.15, -0.1) is 12.4 Å². The molecule has 118 valence electrons. The number of rotatable bonds is 4. The van der Waals surface area contributed by atoms with E-state index in [-0.39, 0.29) is 23.7 Å². The second-order valence-electron chi connectivity index (χ2n) is 6.31. The van der Waals surface area contributed by atoms with Crippen LogP contribution in [0.5, 0.6) is 0 Å². The second kappa shape index (κ2) is 7.81. The van der Waals surface area contributed by atoms with Gasteiger partial charge >= 0.3 is 0 Å². The van der Waals surface area contributed by atoms with Crippen LogP contribution >= 0.6 is 12.4 Å². The maximum absolute atomic E-state index is 12.3. The van der Waals surface area contributed by atoms with E-state index in [0.717, 1.165) is 24.1 Å². The first-order valence-electron chi connectivity index (χ1n) is 7.62. The van der Waals surface area contributed by atoms with Crippen LogP contribution in [0.15, 0.2) is 18.2 Å². The monoisotopic (exact) mass is 310 g/mol. The number of aryl methyl sites for hydroxylation is 2. The highest BCUT2D eigenvalue weighted by atomic mass is 35.5. The van der Waals surface area contributed by atoms with Crippen molar-refractivity contribution in [2.24, 2.45) is 11.1 Å². The third-order valence-corrected chi connectivity index (χ3v) is 4.54. The minimum absolute atomic E-state index is 0. The molecule has 0 aromatic heterocycles. The minimum Gasteiger partial charge on any atom is -0.330 e. The molecule has 0 atom stereocenters. The lowest BCUT2D eigenvalue weighted by Gasteiger charge is -2.35. The average Bonchev–Trinajstić information content (AvgIpc) is 2.43. The SMILES string of the molecule is Cc1ccc(NC(=O)CC2(CN)CCCCC2)c(C)c1.Cl. The summed E-state index contributed by atoms with van der Waals surface area (Å²) in [5.74, 6) is 0.101. The van der Waals surface area contributed by atoms with Crippen molar-refractivity contribution in [2.45, 2.75) is 52.4 Å². The molecule has 1 fully saturated rings. The Hall–Kier alpha value is -1.06. The van der Waals surface area contributed by atoms with Gasteiger partial charge in [0.05, 0.1) is 0 Å². The molecule has 21 heavy (non-hydrogen) atoms. The van der Waals surface area contributed by atoms with Crippen LogP contribution in [0.1, 0.15) is 49.7 Å². The first kappa shape index (κ1) is 18.0. The Morgan fingerprint density at radius 1 is 1.24 bits per heavy atom. The molecule has 0 heterocycles. The van der Waals surface area contributed by atoms with Gasteiger partial charge in [-0.1, -0.05) is 37.0 Å². The number of halogens is 1. The van der Waals surface area contributed by atoms with Crippen LogP contribution in [0.3, 0.4) is 0 Å². The van der Waals surface area contributed by atoms with Crippen molar-refractivity contribution >= 4 is 24.0 Å². The van der Waals surface area contributed by atoms with Crippen LogP contribution in [0.4, 0.5) is 5.69 Å². The quantitative estimate of drug-likeness (QED) is 0.884. The smallest absolute Gasteiger partial charge is 0.224 e. The Bertz CT molecular complexity index is 482. The fourth-order valence-electron chi connectivity index (χ4n) is 3.24. The molecule has 1 saturated carbocycles. The number of anilines is 1. The highest BCUT2D eigenvalue weighted by molar-refractivity contribution is 5.92. The van der Waals surface area contributed by atoms with Gasteiger partial charge in [-0.3, -0.25) is 4.79 Å². The van der Waals surface area contributed by atoms with Gasteiger partial charge < -0.3 is 11.1 Å². The Morgan fingerprint density at radius 2 is 1.90 bits per heavy atom. The number of benzene rings is 1. The molecule has 3 nitrogen and oxygen atoms in total. The normalized spacial score (nSPS) is 16.9. The number of nitrogens with one attached hydrogen (secondary N) is 1. The van der Waals surface area contributed by atoms with E-state index in [1.807, 2.05) is 19.1 Å². The van der Waals surface area contributed by atoms with Gasteiger partial charge in [-0.2, -0.15) is 0 Å². The van der Waals surface area contributed by atoms with Crippen molar-refractivity contribution < 1.29 is 4.79 Å². The van der Waals surface area contributed by atoms with Crippen LogP contribution < -0.4 is 11.1 Å². The first-order chi connectivity index (χ1) is 9.54. The Balaban J connectivity index is 0.00000220. The molecular weight excluding hydrogens is 284 g/mol. The predicted octanol–water partition coefficient (Wildman–Crippen LogP) is 3.96. The molecule has 1 amide bonds. The summed E-state index contributed by atoms with van der Waals surface area (Å²) in [6, 6.07) is 6.11.